The maximum atomic E-state index is 14.6. The summed E-state index contributed by atoms with van der Waals surface area (Å²) in [5.41, 5.74) is 5.86. The smallest absolute Gasteiger partial charge is 0.313 e. The maximum Gasteiger partial charge on any atom is 0.313 e. The van der Waals surface area contributed by atoms with Gasteiger partial charge < -0.3 is 16.0 Å². The molecule has 0 aliphatic carbocycles. The van der Waals surface area contributed by atoms with Crippen LogP contribution in [0.15, 0.2) is 42.6 Å². The average molecular weight is 402 g/mol. The number of carbonyl (C=O) groups is 2. The number of benzene rings is 1. The van der Waals surface area contributed by atoms with E-state index >= 15 is 0 Å². The number of nitrogens with zero attached hydrogens (tertiary/aromatic N) is 2. The number of nitrogens with two attached hydrogens (primary N) is 1. The number of alkyl halides is 2. The lowest BCUT2D eigenvalue weighted by molar-refractivity contribution is -0.172. The van der Waals surface area contributed by atoms with Crippen LogP contribution in [0.2, 0.25) is 0 Å². The van der Waals surface area contributed by atoms with Crippen LogP contribution in [0.1, 0.15) is 31.4 Å². The predicted molar refractivity (Wildman–Crippen MR) is 106 cm³/mol. The van der Waals surface area contributed by atoms with Gasteiger partial charge in [0, 0.05) is 18.9 Å². The second-order valence-corrected chi connectivity index (χ2v) is 7.77. The van der Waals surface area contributed by atoms with E-state index in [9.17, 15) is 18.4 Å². The Morgan fingerprint density at radius 2 is 1.93 bits per heavy atom. The second kappa shape index (κ2) is 7.42. The molecule has 3 N–H and O–H groups in total. The topological polar surface area (TPSA) is 88.3 Å². The summed E-state index contributed by atoms with van der Waals surface area (Å²) in [4.78, 5) is 30.9. The molecule has 6 nitrogen and oxygen atoms in total. The van der Waals surface area contributed by atoms with Crippen molar-refractivity contribution in [3.05, 3.63) is 53.7 Å². The molecule has 2 atom stereocenters. The molecule has 29 heavy (non-hydrogen) atoms. The number of nitrogen functional groups attached to an aromatic ring is 1. The molecule has 0 spiro atoms. The number of anilines is 2. The van der Waals surface area contributed by atoms with Gasteiger partial charge in [-0.25, -0.2) is 13.8 Å². The van der Waals surface area contributed by atoms with Crippen molar-refractivity contribution in [3.63, 3.8) is 0 Å². The molecular formula is C21H24F2N4O2. The number of halogens is 2. The number of hydrogen-bond donors (Lipinski definition) is 2. The van der Waals surface area contributed by atoms with E-state index in [1.54, 1.807) is 50.2 Å². The fraction of sp³-hybridized carbons (Fsp3) is 0.381. The molecule has 8 heteroatoms. The van der Waals surface area contributed by atoms with Gasteiger partial charge in [0.1, 0.15) is 5.82 Å². The van der Waals surface area contributed by atoms with Crippen LogP contribution < -0.4 is 11.1 Å². The largest absolute Gasteiger partial charge is 0.383 e. The van der Waals surface area contributed by atoms with E-state index in [0.717, 1.165) is 0 Å². The third-order valence-electron chi connectivity index (χ3n) is 5.56. The van der Waals surface area contributed by atoms with Crippen LogP contribution in [0, 0.1) is 12.8 Å². The number of nitrogens with one attached hydrogen (secondary N) is 1. The van der Waals surface area contributed by atoms with Gasteiger partial charge in [0.05, 0.1) is 17.4 Å². The van der Waals surface area contributed by atoms with E-state index < -0.39 is 35.6 Å². The summed E-state index contributed by atoms with van der Waals surface area (Å²) in [6.45, 7) is 4.45. The van der Waals surface area contributed by atoms with E-state index in [1.807, 2.05) is 0 Å². The molecule has 0 unspecified atom stereocenters. The van der Waals surface area contributed by atoms with Crippen LogP contribution in [0.25, 0.3) is 0 Å². The fourth-order valence-electron chi connectivity index (χ4n) is 3.66. The number of aryl methyl sites for hydroxylation is 1. The first-order chi connectivity index (χ1) is 13.5. The first-order valence-electron chi connectivity index (χ1n) is 9.33. The van der Waals surface area contributed by atoms with Crippen LogP contribution in [0.5, 0.6) is 0 Å². The lowest BCUT2D eigenvalue weighted by atomic mass is 9.76. The summed E-state index contributed by atoms with van der Waals surface area (Å²) in [6, 6.07) is 10.2. The summed E-state index contributed by atoms with van der Waals surface area (Å²) >= 11 is 0. The van der Waals surface area contributed by atoms with Crippen LogP contribution in [-0.4, -0.2) is 34.2 Å². The molecular weight excluding hydrogens is 378 g/mol. The molecule has 1 aliphatic rings. The quantitative estimate of drug-likeness (QED) is 0.755. The minimum atomic E-state index is -2.96. The molecule has 1 aromatic heterocycles. The van der Waals surface area contributed by atoms with E-state index in [4.69, 9.17) is 5.73 Å². The highest BCUT2D eigenvalue weighted by molar-refractivity contribution is 6.39. The number of rotatable bonds is 2. The van der Waals surface area contributed by atoms with Crippen molar-refractivity contribution >= 4 is 23.3 Å². The standard InChI is InChI=1S/C21H24F2N4O2/c1-13-9-16(10-25-17(13)24)26-18(28)19(29)27-11-14(2)21(22,23)12-20(27,3)15-7-5-4-6-8-15/h4-10,14H,11-12H2,1-3H3,(H2,24,25)(H,26,28)/t14-,20+/m1/s1. The Labute approximate surface area is 168 Å². The summed E-state index contributed by atoms with van der Waals surface area (Å²) in [6.07, 6.45) is 0.781. The average Bonchev–Trinajstić information content (AvgIpc) is 2.67. The maximum absolute atomic E-state index is 14.6. The Kier molecular flexibility index (Phi) is 5.30. The van der Waals surface area contributed by atoms with Gasteiger partial charge in [-0.3, -0.25) is 9.59 Å². The molecule has 1 aromatic carbocycles. The summed E-state index contributed by atoms with van der Waals surface area (Å²) in [7, 11) is 0. The SMILES string of the molecule is Cc1cc(NC(=O)C(=O)N2C[C@@H](C)C(F)(F)C[C@@]2(C)c2ccccc2)cnc1N. The first-order valence-corrected chi connectivity index (χ1v) is 9.33. The van der Waals surface area contributed by atoms with E-state index in [-0.39, 0.29) is 6.54 Å². The van der Waals surface area contributed by atoms with Crippen molar-refractivity contribution in [1.29, 1.82) is 0 Å². The lowest BCUT2D eigenvalue weighted by Crippen LogP contribution is -2.60. The highest BCUT2D eigenvalue weighted by atomic mass is 19.3. The number of piperidine rings is 1. The van der Waals surface area contributed by atoms with Crippen LogP contribution in [0.4, 0.5) is 20.3 Å². The predicted octanol–water partition coefficient (Wildman–Crippen LogP) is 3.33. The van der Waals surface area contributed by atoms with Gasteiger partial charge in [0.2, 0.25) is 0 Å². The molecule has 3 rings (SSSR count). The highest BCUT2D eigenvalue weighted by Gasteiger charge is 2.54. The minimum absolute atomic E-state index is 0.232. The Morgan fingerprint density at radius 1 is 1.28 bits per heavy atom. The van der Waals surface area contributed by atoms with Crippen molar-refractivity contribution in [2.24, 2.45) is 5.92 Å². The molecule has 2 aromatic rings. The van der Waals surface area contributed by atoms with Gasteiger partial charge in [-0.1, -0.05) is 37.3 Å². The fourth-order valence-corrected chi connectivity index (χ4v) is 3.66. The van der Waals surface area contributed by atoms with Gasteiger partial charge in [-0.2, -0.15) is 0 Å². The lowest BCUT2D eigenvalue weighted by Gasteiger charge is -2.50. The van der Waals surface area contributed by atoms with Crippen molar-refractivity contribution in [2.75, 3.05) is 17.6 Å². The molecule has 0 bridgehead atoms. The zero-order chi connectivity index (χ0) is 21.4. The molecule has 1 saturated heterocycles. The van der Waals surface area contributed by atoms with E-state index in [2.05, 4.69) is 10.3 Å². The number of hydrogen-bond acceptors (Lipinski definition) is 4. The highest BCUT2D eigenvalue weighted by Crippen LogP contribution is 2.46. The Bertz CT molecular complexity index is 936. The van der Waals surface area contributed by atoms with Crippen molar-refractivity contribution < 1.29 is 18.4 Å². The third-order valence-corrected chi connectivity index (χ3v) is 5.56. The van der Waals surface area contributed by atoms with Gasteiger partial charge in [0.15, 0.2) is 0 Å². The van der Waals surface area contributed by atoms with E-state index in [1.165, 1.54) is 18.0 Å². The Morgan fingerprint density at radius 3 is 2.55 bits per heavy atom. The summed E-state index contributed by atoms with van der Waals surface area (Å²) in [5, 5.41) is 2.50. The van der Waals surface area contributed by atoms with Crippen LogP contribution in [0.3, 0.4) is 0 Å². The molecule has 1 aliphatic heterocycles. The second-order valence-electron chi connectivity index (χ2n) is 7.77. The van der Waals surface area contributed by atoms with Gasteiger partial charge in [-0.05, 0) is 31.0 Å². The number of aromatic nitrogens is 1. The Balaban J connectivity index is 1.91. The molecule has 0 radical (unpaired) electrons. The first kappa shape index (κ1) is 20.7. The third kappa shape index (κ3) is 3.92. The number of likely N-dealkylation sites (tertiary alicyclic amines) is 1. The zero-order valence-electron chi connectivity index (χ0n) is 16.6. The van der Waals surface area contributed by atoms with Gasteiger partial charge >= 0.3 is 11.8 Å². The molecule has 154 valence electrons. The van der Waals surface area contributed by atoms with Crippen molar-refractivity contribution in [2.45, 2.75) is 38.7 Å². The molecule has 1 fully saturated rings. The summed E-state index contributed by atoms with van der Waals surface area (Å²) < 4.78 is 29.2. The van der Waals surface area contributed by atoms with Gasteiger partial charge in [-0.15, -0.1) is 0 Å². The van der Waals surface area contributed by atoms with Crippen LogP contribution >= 0.6 is 0 Å². The number of carbonyl (C=O) groups excluding carboxylic acids is 2. The Hall–Kier alpha value is -3.03. The van der Waals surface area contributed by atoms with Crippen molar-refractivity contribution in [1.82, 2.24) is 9.88 Å². The number of pyridine rings is 1. The van der Waals surface area contributed by atoms with E-state index in [0.29, 0.717) is 22.6 Å². The zero-order valence-corrected chi connectivity index (χ0v) is 16.6. The molecule has 2 amide bonds. The van der Waals surface area contributed by atoms with Gasteiger partial charge in [0.25, 0.3) is 5.92 Å². The molecule has 0 saturated carbocycles. The molecule has 2 heterocycles. The monoisotopic (exact) mass is 402 g/mol. The number of amides is 2. The summed E-state index contributed by atoms with van der Waals surface area (Å²) in [5.74, 6) is -5.49. The van der Waals surface area contributed by atoms with Crippen molar-refractivity contribution in [3.8, 4) is 0 Å². The minimum Gasteiger partial charge on any atom is -0.383 e. The van der Waals surface area contributed by atoms with Crippen LogP contribution in [-0.2, 0) is 15.1 Å². The normalized spacial score (nSPS) is 23.5.